The Bertz CT molecular complexity index is 864. The van der Waals surface area contributed by atoms with Gasteiger partial charge in [-0.25, -0.2) is 9.59 Å². The van der Waals surface area contributed by atoms with Crippen molar-refractivity contribution in [2.45, 2.75) is 25.9 Å². The summed E-state index contributed by atoms with van der Waals surface area (Å²) in [6.07, 6.45) is 1.47. The standard InChI is InChI=1S/C21H23N3O4/c1-28-20(26)17-9-7-15(8-10-17)13-22-21(27)23-14-16-4-2-5-18(12-16)24-11-3-6-19(24)25/h2,4-5,7-10,12H,3,6,11,13-14H2,1H3,(H2,22,23,27). The van der Waals surface area contributed by atoms with Gasteiger partial charge >= 0.3 is 12.0 Å². The highest BCUT2D eigenvalue weighted by Gasteiger charge is 2.21. The van der Waals surface area contributed by atoms with Crippen LogP contribution in [0.15, 0.2) is 48.5 Å². The molecule has 3 amide bonds. The van der Waals surface area contributed by atoms with Crippen LogP contribution in [0.1, 0.15) is 34.3 Å². The molecule has 0 aliphatic carbocycles. The first-order valence-corrected chi connectivity index (χ1v) is 9.15. The fourth-order valence-corrected chi connectivity index (χ4v) is 3.06. The number of hydrogen-bond donors (Lipinski definition) is 2. The van der Waals surface area contributed by atoms with Gasteiger partial charge in [-0.15, -0.1) is 0 Å². The van der Waals surface area contributed by atoms with Crippen molar-refractivity contribution in [3.63, 3.8) is 0 Å². The average Bonchev–Trinajstić information content (AvgIpc) is 3.16. The number of nitrogens with one attached hydrogen (secondary N) is 2. The Morgan fingerprint density at radius 2 is 1.75 bits per heavy atom. The monoisotopic (exact) mass is 381 g/mol. The zero-order valence-electron chi connectivity index (χ0n) is 15.7. The molecule has 0 spiro atoms. The number of anilines is 1. The minimum atomic E-state index is -0.393. The van der Waals surface area contributed by atoms with Crippen molar-refractivity contribution in [3.05, 3.63) is 65.2 Å². The fraction of sp³-hybridized carbons (Fsp3) is 0.286. The first-order chi connectivity index (χ1) is 13.6. The van der Waals surface area contributed by atoms with E-state index in [-0.39, 0.29) is 11.9 Å². The van der Waals surface area contributed by atoms with E-state index in [1.165, 1.54) is 7.11 Å². The first kappa shape index (κ1) is 19.4. The van der Waals surface area contributed by atoms with Crippen LogP contribution >= 0.6 is 0 Å². The molecule has 146 valence electrons. The molecule has 1 saturated heterocycles. The largest absolute Gasteiger partial charge is 0.465 e. The molecule has 7 heteroatoms. The Kier molecular flexibility index (Phi) is 6.26. The Labute approximate surface area is 163 Å². The second-order valence-corrected chi connectivity index (χ2v) is 6.54. The molecular weight excluding hydrogens is 358 g/mol. The molecule has 1 aliphatic heterocycles. The van der Waals surface area contributed by atoms with Crippen LogP contribution in [0.25, 0.3) is 0 Å². The van der Waals surface area contributed by atoms with Crippen molar-refractivity contribution in [2.75, 3.05) is 18.6 Å². The van der Waals surface area contributed by atoms with Gasteiger partial charge in [0.05, 0.1) is 12.7 Å². The van der Waals surface area contributed by atoms with Crippen LogP contribution in [-0.2, 0) is 22.6 Å². The summed E-state index contributed by atoms with van der Waals surface area (Å²) in [6.45, 7) is 1.45. The number of urea groups is 1. The highest BCUT2D eigenvalue weighted by Crippen LogP contribution is 2.22. The first-order valence-electron chi connectivity index (χ1n) is 9.15. The zero-order chi connectivity index (χ0) is 19.9. The molecule has 0 radical (unpaired) electrons. The Morgan fingerprint density at radius 1 is 1.04 bits per heavy atom. The SMILES string of the molecule is COC(=O)c1ccc(CNC(=O)NCc2cccc(N3CCCC3=O)c2)cc1. The Morgan fingerprint density at radius 3 is 2.39 bits per heavy atom. The number of hydrogen-bond acceptors (Lipinski definition) is 4. The minimum Gasteiger partial charge on any atom is -0.465 e. The summed E-state index contributed by atoms with van der Waals surface area (Å²) in [7, 11) is 1.33. The molecule has 1 heterocycles. The summed E-state index contributed by atoms with van der Waals surface area (Å²) in [6, 6.07) is 14.2. The van der Waals surface area contributed by atoms with Gasteiger partial charge in [0.25, 0.3) is 0 Å². The predicted octanol–water partition coefficient (Wildman–Crippen LogP) is 2.60. The van der Waals surface area contributed by atoms with Crippen LogP contribution in [-0.4, -0.2) is 31.6 Å². The summed E-state index contributed by atoms with van der Waals surface area (Å²) in [5, 5.41) is 5.59. The van der Waals surface area contributed by atoms with Crippen molar-refractivity contribution in [3.8, 4) is 0 Å². The maximum absolute atomic E-state index is 12.0. The van der Waals surface area contributed by atoms with Gasteiger partial charge in [-0.2, -0.15) is 0 Å². The maximum Gasteiger partial charge on any atom is 0.337 e. The van der Waals surface area contributed by atoms with Gasteiger partial charge in [-0.05, 0) is 41.8 Å². The van der Waals surface area contributed by atoms with E-state index < -0.39 is 5.97 Å². The fourth-order valence-electron chi connectivity index (χ4n) is 3.06. The highest BCUT2D eigenvalue weighted by molar-refractivity contribution is 5.95. The third kappa shape index (κ3) is 4.88. The van der Waals surface area contributed by atoms with Gasteiger partial charge in [0.15, 0.2) is 0 Å². The lowest BCUT2D eigenvalue weighted by Crippen LogP contribution is -2.34. The quantitative estimate of drug-likeness (QED) is 0.753. The molecule has 0 unspecified atom stereocenters. The van der Waals surface area contributed by atoms with Crippen molar-refractivity contribution in [1.82, 2.24) is 10.6 Å². The van der Waals surface area contributed by atoms with Crippen LogP contribution in [0.4, 0.5) is 10.5 Å². The lowest BCUT2D eigenvalue weighted by molar-refractivity contribution is -0.117. The van der Waals surface area contributed by atoms with Crippen molar-refractivity contribution < 1.29 is 19.1 Å². The molecule has 3 rings (SSSR count). The molecule has 0 atom stereocenters. The number of amides is 3. The van der Waals surface area contributed by atoms with E-state index in [4.69, 9.17) is 0 Å². The van der Waals surface area contributed by atoms with Gasteiger partial charge in [-0.3, -0.25) is 4.79 Å². The van der Waals surface area contributed by atoms with E-state index >= 15 is 0 Å². The minimum absolute atomic E-state index is 0.140. The molecule has 0 saturated carbocycles. The maximum atomic E-state index is 12.0. The Balaban J connectivity index is 1.48. The van der Waals surface area contributed by atoms with Gasteiger partial charge in [0.2, 0.25) is 5.91 Å². The molecule has 2 aromatic rings. The number of methoxy groups -OCH3 is 1. The number of esters is 1. The van der Waals surface area contributed by atoms with Gasteiger partial charge < -0.3 is 20.3 Å². The van der Waals surface area contributed by atoms with Crippen molar-refractivity contribution >= 4 is 23.6 Å². The van der Waals surface area contributed by atoms with E-state index in [1.807, 2.05) is 24.3 Å². The number of benzene rings is 2. The van der Waals surface area contributed by atoms with Crippen LogP contribution < -0.4 is 15.5 Å². The molecular formula is C21H23N3O4. The normalized spacial score (nSPS) is 13.3. The third-order valence-corrected chi connectivity index (χ3v) is 4.58. The molecule has 2 aromatic carbocycles. The third-order valence-electron chi connectivity index (χ3n) is 4.58. The zero-order valence-corrected chi connectivity index (χ0v) is 15.7. The average molecular weight is 381 g/mol. The smallest absolute Gasteiger partial charge is 0.337 e. The Hall–Kier alpha value is -3.35. The van der Waals surface area contributed by atoms with Crippen molar-refractivity contribution in [2.24, 2.45) is 0 Å². The summed E-state index contributed by atoms with van der Waals surface area (Å²) in [4.78, 5) is 37.1. The number of carbonyl (C=O) groups excluding carboxylic acids is 3. The predicted molar refractivity (Wildman–Crippen MR) is 105 cm³/mol. The summed E-state index contributed by atoms with van der Waals surface area (Å²) in [5.74, 6) is -0.254. The highest BCUT2D eigenvalue weighted by atomic mass is 16.5. The van der Waals surface area contributed by atoms with Crippen LogP contribution in [0, 0.1) is 0 Å². The second kappa shape index (κ2) is 9.03. The molecule has 0 aromatic heterocycles. The van der Waals surface area contributed by atoms with E-state index in [9.17, 15) is 14.4 Å². The molecule has 1 aliphatic rings. The lowest BCUT2D eigenvalue weighted by atomic mass is 10.1. The molecule has 1 fully saturated rings. The van der Waals surface area contributed by atoms with Gasteiger partial charge in [-0.1, -0.05) is 24.3 Å². The summed E-state index contributed by atoms with van der Waals surface area (Å²) < 4.78 is 4.65. The molecule has 2 N–H and O–H groups in total. The van der Waals surface area contributed by atoms with Crippen LogP contribution in [0.2, 0.25) is 0 Å². The van der Waals surface area contributed by atoms with E-state index in [0.29, 0.717) is 25.1 Å². The number of rotatable bonds is 6. The van der Waals surface area contributed by atoms with Crippen molar-refractivity contribution in [1.29, 1.82) is 0 Å². The van der Waals surface area contributed by atoms with E-state index in [2.05, 4.69) is 15.4 Å². The van der Waals surface area contributed by atoms with Gasteiger partial charge in [0, 0.05) is 31.7 Å². The second-order valence-electron chi connectivity index (χ2n) is 6.54. The van der Waals surface area contributed by atoms with Crippen LogP contribution in [0.3, 0.4) is 0 Å². The lowest BCUT2D eigenvalue weighted by Gasteiger charge is -2.16. The summed E-state index contributed by atoms with van der Waals surface area (Å²) in [5.41, 5.74) is 3.13. The van der Waals surface area contributed by atoms with E-state index in [0.717, 1.165) is 29.8 Å². The number of nitrogens with zero attached hydrogens (tertiary/aromatic N) is 1. The van der Waals surface area contributed by atoms with E-state index in [1.54, 1.807) is 29.2 Å². The molecule has 7 nitrogen and oxygen atoms in total. The van der Waals surface area contributed by atoms with Crippen LogP contribution in [0.5, 0.6) is 0 Å². The number of carbonyl (C=O) groups is 3. The summed E-state index contributed by atoms with van der Waals surface area (Å²) >= 11 is 0. The van der Waals surface area contributed by atoms with Gasteiger partial charge in [0.1, 0.15) is 0 Å². The molecule has 0 bridgehead atoms. The topological polar surface area (TPSA) is 87.7 Å². The molecule has 28 heavy (non-hydrogen) atoms. The number of ether oxygens (including phenoxy) is 1.